The molecule has 2 nitrogen and oxygen atoms in total. The summed E-state index contributed by atoms with van der Waals surface area (Å²) in [6.45, 7) is 11.2. The molecule has 9 aromatic carbocycles. The highest BCUT2D eigenvalue weighted by molar-refractivity contribution is 6.01. The van der Waals surface area contributed by atoms with Gasteiger partial charge in [-0.2, -0.15) is 0 Å². The van der Waals surface area contributed by atoms with Gasteiger partial charge >= 0.3 is 0 Å². The second-order valence-electron chi connectivity index (χ2n) is 16.5. The first-order chi connectivity index (χ1) is 30.4. The maximum atomic E-state index is 4.61. The molecule has 298 valence electrons. The minimum absolute atomic E-state index is 0.703. The highest BCUT2D eigenvalue weighted by Crippen LogP contribution is 2.52. The predicted octanol–water partition coefficient (Wildman–Crippen LogP) is 16.0. The third-order valence-corrected chi connectivity index (χ3v) is 12.5. The van der Waals surface area contributed by atoms with Crippen molar-refractivity contribution in [3.05, 3.63) is 281 Å². The highest BCUT2D eigenvalue weighted by Gasteiger charge is 2.41. The zero-order valence-electron chi connectivity index (χ0n) is 35.5. The molecule has 1 aliphatic rings. The first-order valence-corrected chi connectivity index (χ1v) is 21.4. The van der Waals surface area contributed by atoms with Crippen molar-refractivity contribution in [3.8, 4) is 11.1 Å². The fourth-order valence-electron chi connectivity index (χ4n) is 9.58. The van der Waals surface area contributed by atoms with Gasteiger partial charge in [-0.3, -0.25) is 0 Å². The number of fused-ring (bicyclic) bond motifs is 3. The molecular formula is C60H48N2. The summed E-state index contributed by atoms with van der Waals surface area (Å²) in [6, 6.07) is 81.9. The Morgan fingerprint density at radius 2 is 0.710 bits per heavy atom. The van der Waals surface area contributed by atoms with Gasteiger partial charge in [-0.15, -0.1) is 0 Å². The molecule has 0 fully saturated rings. The van der Waals surface area contributed by atoms with Crippen LogP contribution in [0.25, 0.3) is 16.7 Å². The Hall–Kier alpha value is -7.68. The van der Waals surface area contributed by atoms with Crippen LogP contribution in [0.5, 0.6) is 0 Å². The first-order valence-electron chi connectivity index (χ1n) is 21.4. The lowest BCUT2D eigenvalue weighted by molar-refractivity contribution is 0.737. The molecule has 0 aromatic heterocycles. The minimum atomic E-state index is -0.703. The standard InChI is InChI=1S/C60H48N2/c1-42-26-37-56-57(39-42)45(4)55-38-32-48(41-58(55)56)60(59-40-43(2)25-27-44(59)3,46-28-33-53(34-29-46)61(49-17-9-5-10-18-49)50-19-11-6-12-20-50)47-30-35-54(36-31-47)62(51-21-13-7-14-22-51)52-23-15-8-16-24-52/h5-41H,4H2,1-3H3. The molecule has 0 aliphatic heterocycles. The number of anilines is 6. The topological polar surface area (TPSA) is 6.48 Å². The van der Waals surface area contributed by atoms with Crippen LogP contribution in [-0.4, -0.2) is 0 Å². The molecule has 0 heterocycles. The summed E-state index contributed by atoms with van der Waals surface area (Å²) in [6.07, 6.45) is 0. The van der Waals surface area contributed by atoms with E-state index >= 15 is 0 Å². The first kappa shape index (κ1) is 38.5. The molecule has 10 rings (SSSR count). The smallest absolute Gasteiger partial charge is 0.0704 e. The molecule has 0 N–H and O–H groups in total. The average Bonchev–Trinajstić information content (AvgIpc) is 3.59. The van der Waals surface area contributed by atoms with Crippen molar-refractivity contribution < 1.29 is 0 Å². The zero-order valence-corrected chi connectivity index (χ0v) is 35.5. The van der Waals surface area contributed by atoms with Gasteiger partial charge in [0.05, 0.1) is 5.41 Å². The van der Waals surface area contributed by atoms with Gasteiger partial charge in [-0.05, 0) is 155 Å². The number of aryl methyl sites for hydroxylation is 3. The Balaban J connectivity index is 1.23. The lowest BCUT2D eigenvalue weighted by Crippen LogP contribution is -2.32. The normalized spacial score (nSPS) is 11.8. The van der Waals surface area contributed by atoms with Gasteiger partial charge in [0.1, 0.15) is 0 Å². The van der Waals surface area contributed by atoms with Crippen molar-refractivity contribution in [2.24, 2.45) is 0 Å². The SMILES string of the molecule is C=C1c2cc(C)ccc2-c2cc(C(c3ccc(N(c4ccccc4)c4ccccc4)cc3)(c3ccc(N(c4ccccc4)c4ccccc4)cc3)c3cc(C)ccc3C)ccc21. The molecule has 0 atom stereocenters. The van der Waals surface area contributed by atoms with Crippen LogP contribution in [0.4, 0.5) is 34.1 Å². The summed E-state index contributed by atoms with van der Waals surface area (Å²) in [5.74, 6) is 0. The van der Waals surface area contributed by atoms with E-state index in [0.29, 0.717) is 0 Å². The van der Waals surface area contributed by atoms with E-state index in [1.54, 1.807) is 0 Å². The van der Waals surface area contributed by atoms with E-state index in [4.69, 9.17) is 0 Å². The molecule has 9 aromatic rings. The van der Waals surface area contributed by atoms with Crippen LogP contribution in [0.2, 0.25) is 0 Å². The monoisotopic (exact) mass is 796 g/mol. The molecule has 0 unspecified atom stereocenters. The van der Waals surface area contributed by atoms with Crippen LogP contribution in [-0.2, 0) is 5.41 Å². The van der Waals surface area contributed by atoms with E-state index in [1.165, 1.54) is 61.2 Å². The van der Waals surface area contributed by atoms with E-state index in [0.717, 1.165) is 39.7 Å². The lowest BCUT2D eigenvalue weighted by atomic mass is 9.63. The molecule has 0 saturated carbocycles. The summed E-state index contributed by atoms with van der Waals surface area (Å²) in [5, 5.41) is 0. The minimum Gasteiger partial charge on any atom is -0.311 e. The molecule has 0 radical (unpaired) electrons. The van der Waals surface area contributed by atoms with Gasteiger partial charge in [-0.25, -0.2) is 0 Å². The third kappa shape index (κ3) is 6.71. The van der Waals surface area contributed by atoms with Crippen LogP contribution < -0.4 is 9.80 Å². The van der Waals surface area contributed by atoms with Crippen molar-refractivity contribution in [1.82, 2.24) is 0 Å². The summed E-state index contributed by atoms with van der Waals surface area (Å²) in [5.41, 5.74) is 20.4. The van der Waals surface area contributed by atoms with Crippen molar-refractivity contribution in [2.45, 2.75) is 26.2 Å². The van der Waals surface area contributed by atoms with E-state index < -0.39 is 5.41 Å². The maximum Gasteiger partial charge on any atom is 0.0704 e. The number of hydrogen-bond acceptors (Lipinski definition) is 2. The van der Waals surface area contributed by atoms with Crippen molar-refractivity contribution in [1.29, 1.82) is 0 Å². The van der Waals surface area contributed by atoms with Crippen LogP contribution in [0, 0.1) is 20.8 Å². The molecule has 0 amide bonds. The summed E-state index contributed by atoms with van der Waals surface area (Å²) >= 11 is 0. The average molecular weight is 797 g/mol. The Kier molecular flexibility index (Phi) is 9.98. The van der Waals surface area contributed by atoms with Gasteiger partial charge < -0.3 is 9.80 Å². The number of nitrogens with zero attached hydrogens (tertiary/aromatic N) is 2. The second-order valence-corrected chi connectivity index (χ2v) is 16.5. The van der Waals surface area contributed by atoms with Gasteiger partial charge in [0, 0.05) is 34.1 Å². The molecule has 0 saturated heterocycles. The predicted molar refractivity (Wildman–Crippen MR) is 262 cm³/mol. The van der Waals surface area contributed by atoms with Crippen molar-refractivity contribution in [2.75, 3.05) is 9.80 Å². The largest absolute Gasteiger partial charge is 0.311 e. The summed E-state index contributed by atoms with van der Waals surface area (Å²) < 4.78 is 0. The molecule has 2 heteroatoms. The molecule has 0 spiro atoms. The van der Waals surface area contributed by atoms with Crippen molar-refractivity contribution in [3.63, 3.8) is 0 Å². The van der Waals surface area contributed by atoms with Crippen LogP contribution >= 0.6 is 0 Å². The quantitative estimate of drug-likeness (QED) is 0.127. The fourth-order valence-corrected chi connectivity index (χ4v) is 9.58. The van der Waals surface area contributed by atoms with E-state index in [-0.39, 0.29) is 0 Å². The number of rotatable bonds is 10. The van der Waals surface area contributed by atoms with Gasteiger partial charge in [0.15, 0.2) is 0 Å². The summed E-state index contributed by atoms with van der Waals surface area (Å²) in [4.78, 5) is 4.67. The Bertz CT molecular complexity index is 2820. The fraction of sp³-hybridized carbons (Fsp3) is 0.0667. The Labute approximate surface area is 366 Å². The highest BCUT2D eigenvalue weighted by atomic mass is 15.1. The Morgan fingerprint density at radius 3 is 1.18 bits per heavy atom. The zero-order chi connectivity index (χ0) is 42.2. The third-order valence-electron chi connectivity index (χ3n) is 12.5. The molecule has 0 bridgehead atoms. The number of hydrogen-bond donors (Lipinski definition) is 0. The van der Waals surface area contributed by atoms with Gasteiger partial charge in [0.2, 0.25) is 0 Å². The number of benzene rings is 9. The maximum absolute atomic E-state index is 4.61. The van der Waals surface area contributed by atoms with E-state index in [2.05, 4.69) is 262 Å². The van der Waals surface area contributed by atoms with Crippen molar-refractivity contribution >= 4 is 39.7 Å². The van der Waals surface area contributed by atoms with E-state index in [9.17, 15) is 0 Å². The second kappa shape index (κ2) is 16.1. The lowest BCUT2D eigenvalue weighted by Gasteiger charge is -2.39. The molecular weight excluding hydrogens is 749 g/mol. The molecule has 62 heavy (non-hydrogen) atoms. The summed E-state index contributed by atoms with van der Waals surface area (Å²) in [7, 11) is 0. The number of para-hydroxylation sites is 4. The van der Waals surface area contributed by atoms with Crippen LogP contribution in [0.1, 0.15) is 50.1 Å². The Morgan fingerprint density at radius 1 is 0.323 bits per heavy atom. The molecule has 1 aliphatic carbocycles. The van der Waals surface area contributed by atoms with Gasteiger partial charge in [-0.1, -0.05) is 163 Å². The van der Waals surface area contributed by atoms with Gasteiger partial charge in [0.25, 0.3) is 0 Å². The van der Waals surface area contributed by atoms with Crippen LogP contribution in [0.3, 0.4) is 0 Å². The van der Waals surface area contributed by atoms with E-state index in [1.807, 2.05) is 0 Å². The van der Waals surface area contributed by atoms with Crippen LogP contribution in [0.15, 0.2) is 231 Å².